The molecular formula is C25H28Cl2N6O. The highest BCUT2D eigenvalue weighted by Gasteiger charge is 2.29. The smallest absolute Gasteiger partial charge is 0.229 e. The summed E-state index contributed by atoms with van der Waals surface area (Å²) in [6.45, 7) is 3.31. The molecule has 2 fully saturated rings. The SMILES string of the molecule is O=C(C1CCCCC1)N1CCN(c2nc(NCc3ccc(Cl)cc3Cl)c3cccnc3n2)CC1. The van der Waals surface area contributed by atoms with Gasteiger partial charge in [0.15, 0.2) is 5.65 Å². The van der Waals surface area contributed by atoms with E-state index < -0.39 is 0 Å². The van der Waals surface area contributed by atoms with Gasteiger partial charge >= 0.3 is 0 Å². The number of piperazine rings is 1. The molecule has 0 spiro atoms. The number of aromatic nitrogens is 3. The molecule has 0 atom stereocenters. The highest BCUT2D eigenvalue weighted by Crippen LogP contribution is 2.28. The van der Waals surface area contributed by atoms with E-state index in [1.54, 1.807) is 12.3 Å². The molecule has 1 aliphatic heterocycles. The molecule has 1 saturated carbocycles. The maximum absolute atomic E-state index is 12.9. The molecule has 5 rings (SSSR count). The van der Waals surface area contributed by atoms with Gasteiger partial charge in [0.1, 0.15) is 5.82 Å². The highest BCUT2D eigenvalue weighted by molar-refractivity contribution is 6.35. The number of hydrogen-bond acceptors (Lipinski definition) is 6. The highest BCUT2D eigenvalue weighted by atomic mass is 35.5. The lowest BCUT2D eigenvalue weighted by atomic mass is 9.88. The van der Waals surface area contributed by atoms with Gasteiger partial charge in [-0.2, -0.15) is 9.97 Å². The first kappa shape index (κ1) is 23.1. The maximum Gasteiger partial charge on any atom is 0.229 e. The summed E-state index contributed by atoms with van der Waals surface area (Å²) < 4.78 is 0. The van der Waals surface area contributed by atoms with Crippen LogP contribution in [0.4, 0.5) is 11.8 Å². The number of carbonyl (C=O) groups excluding carboxylic acids is 1. The quantitative estimate of drug-likeness (QED) is 0.522. The van der Waals surface area contributed by atoms with Crippen molar-refractivity contribution in [2.75, 3.05) is 36.4 Å². The molecule has 1 saturated heterocycles. The van der Waals surface area contributed by atoms with E-state index in [0.29, 0.717) is 66.1 Å². The molecule has 1 aromatic carbocycles. The molecule has 1 amide bonds. The first-order valence-electron chi connectivity index (χ1n) is 11.9. The first-order valence-corrected chi connectivity index (χ1v) is 12.7. The lowest BCUT2D eigenvalue weighted by Gasteiger charge is -2.37. The number of carbonyl (C=O) groups is 1. The van der Waals surface area contributed by atoms with Crippen molar-refractivity contribution in [3.8, 4) is 0 Å². The summed E-state index contributed by atoms with van der Waals surface area (Å²) in [5.74, 6) is 1.86. The van der Waals surface area contributed by atoms with Gasteiger partial charge in [-0.05, 0) is 42.7 Å². The summed E-state index contributed by atoms with van der Waals surface area (Å²) in [6, 6.07) is 9.30. The summed E-state index contributed by atoms with van der Waals surface area (Å²) in [5.41, 5.74) is 1.57. The van der Waals surface area contributed by atoms with Gasteiger partial charge in [0.05, 0.1) is 5.39 Å². The number of fused-ring (bicyclic) bond motifs is 1. The third-order valence-corrected chi connectivity index (χ3v) is 7.34. The van der Waals surface area contributed by atoms with Crippen molar-refractivity contribution in [1.82, 2.24) is 19.9 Å². The van der Waals surface area contributed by atoms with E-state index in [4.69, 9.17) is 33.2 Å². The number of benzene rings is 1. The summed E-state index contributed by atoms with van der Waals surface area (Å²) in [6.07, 6.45) is 7.40. The van der Waals surface area contributed by atoms with Crippen molar-refractivity contribution in [2.24, 2.45) is 5.92 Å². The molecule has 2 aliphatic rings. The Morgan fingerprint density at radius 1 is 1.03 bits per heavy atom. The average molecular weight is 499 g/mol. The average Bonchev–Trinajstić information content (AvgIpc) is 2.88. The fourth-order valence-electron chi connectivity index (χ4n) is 4.81. The van der Waals surface area contributed by atoms with E-state index in [1.807, 2.05) is 29.2 Å². The number of amides is 1. The van der Waals surface area contributed by atoms with Gasteiger partial charge in [0, 0.05) is 54.9 Å². The van der Waals surface area contributed by atoms with Crippen LogP contribution in [0.1, 0.15) is 37.7 Å². The minimum absolute atomic E-state index is 0.205. The van der Waals surface area contributed by atoms with Gasteiger partial charge < -0.3 is 15.1 Å². The van der Waals surface area contributed by atoms with Crippen LogP contribution in [0, 0.1) is 5.92 Å². The topological polar surface area (TPSA) is 74.2 Å². The molecule has 0 unspecified atom stereocenters. The van der Waals surface area contributed by atoms with Gasteiger partial charge in [0.2, 0.25) is 11.9 Å². The van der Waals surface area contributed by atoms with Crippen LogP contribution < -0.4 is 10.2 Å². The summed E-state index contributed by atoms with van der Waals surface area (Å²) in [7, 11) is 0. The molecule has 3 heterocycles. The Balaban J connectivity index is 1.31. The van der Waals surface area contributed by atoms with Gasteiger partial charge in [-0.15, -0.1) is 0 Å². The van der Waals surface area contributed by atoms with Gasteiger partial charge in [-0.25, -0.2) is 4.98 Å². The molecule has 1 N–H and O–H groups in total. The fourth-order valence-corrected chi connectivity index (χ4v) is 5.28. The van der Waals surface area contributed by atoms with Crippen LogP contribution in [0.25, 0.3) is 11.0 Å². The minimum atomic E-state index is 0.205. The van der Waals surface area contributed by atoms with Crippen LogP contribution in [0.15, 0.2) is 36.5 Å². The number of hydrogen-bond donors (Lipinski definition) is 1. The molecule has 3 aromatic rings. The second-order valence-electron chi connectivity index (χ2n) is 8.98. The second kappa shape index (κ2) is 10.3. The Labute approximate surface area is 209 Å². The zero-order chi connectivity index (χ0) is 23.5. The van der Waals surface area contributed by atoms with Crippen LogP contribution in [-0.4, -0.2) is 51.9 Å². The van der Waals surface area contributed by atoms with E-state index in [1.165, 1.54) is 19.3 Å². The molecule has 0 bridgehead atoms. The number of halogens is 2. The fraction of sp³-hybridized carbons (Fsp3) is 0.440. The van der Waals surface area contributed by atoms with Crippen molar-refractivity contribution in [3.05, 3.63) is 52.1 Å². The van der Waals surface area contributed by atoms with E-state index >= 15 is 0 Å². The van der Waals surface area contributed by atoms with Crippen molar-refractivity contribution >= 4 is 51.9 Å². The minimum Gasteiger partial charge on any atom is -0.365 e. The Morgan fingerprint density at radius 3 is 2.59 bits per heavy atom. The molecule has 0 radical (unpaired) electrons. The van der Waals surface area contributed by atoms with Crippen LogP contribution in [-0.2, 0) is 11.3 Å². The predicted octanol–water partition coefficient (Wildman–Crippen LogP) is 5.17. The van der Waals surface area contributed by atoms with E-state index in [0.717, 1.165) is 23.8 Å². The zero-order valence-electron chi connectivity index (χ0n) is 19.0. The third-order valence-electron chi connectivity index (χ3n) is 6.75. The van der Waals surface area contributed by atoms with Crippen molar-refractivity contribution in [1.29, 1.82) is 0 Å². The molecule has 178 valence electrons. The lowest BCUT2D eigenvalue weighted by Crippen LogP contribution is -2.51. The Bertz CT molecular complexity index is 1180. The standard InChI is InChI=1S/C25H28Cl2N6O/c26-19-9-8-18(21(27)15-19)16-29-23-20-7-4-10-28-22(20)30-25(31-23)33-13-11-32(12-14-33)24(34)17-5-2-1-3-6-17/h4,7-10,15,17H,1-3,5-6,11-14,16H2,(H,28,29,30,31). The molecule has 34 heavy (non-hydrogen) atoms. The van der Waals surface area contributed by atoms with Crippen LogP contribution in [0.3, 0.4) is 0 Å². The first-order chi connectivity index (χ1) is 16.6. The summed E-state index contributed by atoms with van der Waals surface area (Å²) >= 11 is 12.4. The van der Waals surface area contributed by atoms with Gasteiger partial charge in [0.25, 0.3) is 0 Å². The molecule has 9 heteroatoms. The van der Waals surface area contributed by atoms with Gasteiger partial charge in [-0.3, -0.25) is 4.79 Å². The largest absolute Gasteiger partial charge is 0.365 e. The van der Waals surface area contributed by atoms with E-state index in [2.05, 4.69) is 15.2 Å². The van der Waals surface area contributed by atoms with Crippen LogP contribution in [0.2, 0.25) is 10.0 Å². The Morgan fingerprint density at radius 2 is 1.82 bits per heavy atom. The summed E-state index contributed by atoms with van der Waals surface area (Å²) in [4.78, 5) is 31.1. The molecule has 7 nitrogen and oxygen atoms in total. The van der Waals surface area contributed by atoms with Crippen LogP contribution in [0.5, 0.6) is 0 Å². The van der Waals surface area contributed by atoms with E-state index in [9.17, 15) is 4.79 Å². The van der Waals surface area contributed by atoms with E-state index in [-0.39, 0.29) is 5.92 Å². The maximum atomic E-state index is 12.9. The monoisotopic (exact) mass is 498 g/mol. The molecule has 2 aromatic heterocycles. The number of anilines is 2. The number of nitrogens with zero attached hydrogens (tertiary/aromatic N) is 5. The summed E-state index contributed by atoms with van der Waals surface area (Å²) in [5, 5.41) is 5.47. The zero-order valence-corrected chi connectivity index (χ0v) is 20.5. The second-order valence-corrected chi connectivity index (χ2v) is 9.83. The number of rotatable bonds is 5. The third kappa shape index (κ3) is 5.05. The van der Waals surface area contributed by atoms with Crippen molar-refractivity contribution in [3.63, 3.8) is 0 Å². The molecule has 1 aliphatic carbocycles. The predicted molar refractivity (Wildman–Crippen MR) is 136 cm³/mol. The van der Waals surface area contributed by atoms with Crippen molar-refractivity contribution in [2.45, 2.75) is 38.6 Å². The Kier molecular flexibility index (Phi) is 7.02. The normalized spacial score (nSPS) is 17.2. The van der Waals surface area contributed by atoms with Gasteiger partial charge in [-0.1, -0.05) is 48.5 Å². The molecular weight excluding hydrogens is 471 g/mol. The Hall–Kier alpha value is -2.64. The number of nitrogens with one attached hydrogen (secondary N) is 1. The lowest BCUT2D eigenvalue weighted by molar-refractivity contribution is -0.136. The van der Waals surface area contributed by atoms with Crippen LogP contribution >= 0.6 is 23.2 Å². The number of pyridine rings is 1. The van der Waals surface area contributed by atoms with Crippen molar-refractivity contribution < 1.29 is 4.79 Å².